The first-order valence-electron chi connectivity index (χ1n) is 6.41. The molecule has 2 aromatic rings. The summed E-state index contributed by atoms with van der Waals surface area (Å²) in [5, 5.41) is 9.96. The summed E-state index contributed by atoms with van der Waals surface area (Å²) < 4.78 is 5.06. The van der Waals surface area contributed by atoms with E-state index >= 15 is 0 Å². The van der Waals surface area contributed by atoms with E-state index in [1.165, 1.54) is 31.9 Å². The number of rotatable bonds is 3. The van der Waals surface area contributed by atoms with Crippen molar-refractivity contribution >= 4 is 16.9 Å². The third-order valence-corrected chi connectivity index (χ3v) is 3.81. The molecular formula is C15H15NO3. The van der Waals surface area contributed by atoms with Crippen molar-refractivity contribution in [3.05, 3.63) is 35.4 Å². The van der Waals surface area contributed by atoms with Gasteiger partial charge in [0.25, 0.3) is 0 Å². The van der Waals surface area contributed by atoms with Crippen molar-refractivity contribution in [3.8, 4) is 5.88 Å². The number of fused-ring (bicyclic) bond motifs is 1. The van der Waals surface area contributed by atoms with E-state index in [1.807, 2.05) is 12.1 Å². The molecule has 0 spiro atoms. The molecule has 4 nitrogen and oxygen atoms in total. The summed E-state index contributed by atoms with van der Waals surface area (Å²) in [6.07, 6.45) is 3.75. The van der Waals surface area contributed by atoms with E-state index in [1.54, 1.807) is 6.07 Å². The summed E-state index contributed by atoms with van der Waals surface area (Å²) in [5.74, 6) is -0.212. The highest BCUT2D eigenvalue weighted by Gasteiger charge is 2.20. The van der Waals surface area contributed by atoms with E-state index in [0.717, 1.165) is 10.9 Å². The quantitative estimate of drug-likeness (QED) is 0.917. The topological polar surface area (TPSA) is 59.4 Å². The van der Waals surface area contributed by atoms with Gasteiger partial charge < -0.3 is 9.84 Å². The van der Waals surface area contributed by atoms with E-state index < -0.39 is 5.97 Å². The van der Waals surface area contributed by atoms with Crippen LogP contribution in [0.4, 0.5) is 0 Å². The zero-order chi connectivity index (χ0) is 13.4. The van der Waals surface area contributed by atoms with Gasteiger partial charge in [-0.05, 0) is 36.5 Å². The predicted molar refractivity (Wildman–Crippen MR) is 71.8 cm³/mol. The fourth-order valence-corrected chi connectivity index (χ4v) is 2.47. The SMILES string of the molecule is COc1nc2cc(C3CCC3)ccc2cc1C(=O)O. The Morgan fingerprint density at radius 2 is 2.16 bits per heavy atom. The molecule has 0 saturated heterocycles. The highest BCUT2D eigenvalue weighted by atomic mass is 16.5. The van der Waals surface area contributed by atoms with Crippen molar-refractivity contribution in [1.82, 2.24) is 4.98 Å². The van der Waals surface area contributed by atoms with Crippen molar-refractivity contribution < 1.29 is 14.6 Å². The number of hydrogen-bond acceptors (Lipinski definition) is 3. The van der Waals surface area contributed by atoms with E-state index in [2.05, 4.69) is 11.1 Å². The molecule has 1 saturated carbocycles. The molecule has 19 heavy (non-hydrogen) atoms. The molecule has 1 N–H and O–H groups in total. The fraction of sp³-hybridized carbons (Fsp3) is 0.333. The fourth-order valence-electron chi connectivity index (χ4n) is 2.47. The molecule has 98 valence electrons. The maximum atomic E-state index is 11.1. The third kappa shape index (κ3) is 2.03. The van der Waals surface area contributed by atoms with E-state index in [-0.39, 0.29) is 11.4 Å². The second-order valence-corrected chi connectivity index (χ2v) is 4.93. The van der Waals surface area contributed by atoms with E-state index in [0.29, 0.717) is 5.92 Å². The van der Waals surface area contributed by atoms with Gasteiger partial charge in [0.2, 0.25) is 5.88 Å². The molecule has 0 bridgehead atoms. The average molecular weight is 257 g/mol. The van der Waals surface area contributed by atoms with Gasteiger partial charge in [0.15, 0.2) is 0 Å². The van der Waals surface area contributed by atoms with Crippen LogP contribution in [0.5, 0.6) is 5.88 Å². The molecule has 1 heterocycles. The minimum Gasteiger partial charge on any atom is -0.480 e. The van der Waals surface area contributed by atoms with Crippen LogP contribution in [0, 0.1) is 0 Å². The molecule has 0 aliphatic heterocycles. The van der Waals surface area contributed by atoms with Crippen LogP contribution in [0.3, 0.4) is 0 Å². The summed E-state index contributed by atoms with van der Waals surface area (Å²) in [6, 6.07) is 7.69. The Balaban J connectivity index is 2.12. The van der Waals surface area contributed by atoms with Gasteiger partial charge in [-0.15, -0.1) is 0 Å². The molecule has 1 aromatic carbocycles. The lowest BCUT2D eigenvalue weighted by molar-refractivity contribution is 0.0692. The Labute approximate surface area is 111 Å². The first kappa shape index (κ1) is 12.0. The average Bonchev–Trinajstić information content (AvgIpc) is 2.34. The molecule has 0 atom stereocenters. The normalized spacial score (nSPS) is 15.2. The number of nitrogens with zero attached hydrogens (tertiary/aromatic N) is 1. The second kappa shape index (κ2) is 4.53. The highest BCUT2D eigenvalue weighted by molar-refractivity contribution is 5.95. The second-order valence-electron chi connectivity index (χ2n) is 4.93. The van der Waals surface area contributed by atoms with Crippen LogP contribution >= 0.6 is 0 Å². The number of aromatic nitrogens is 1. The monoisotopic (exact) mass is 257 g/mol. The predicted octanol–water partition coefficient (Wildman–Crippen LogP) is 3.21. The molecule has 3 rings (SSSR count). The lowest BCUT2D eigenvalue weighted by Gasteiger charge is -2.25. The van der Waals surface area contributed by atoms with Gasteiger partial charge in [-0.1, -0.05) is 18.6 Å². The summed E-state index contributed by atoms with van der Waals surface area (Å²) >= 11 is 0. The molecule has 0 radical (unpaired) electrons. The van der Waals surface area contributed by atoms with Gasteiger partial charge in [0.1, 0.15) is 5.56 Å². The Hall–Kier alpha value is -2.10. The van der Waals surface area contributed by atoms with Crippen LogP contribution in [0.2, 0.25) is 0 Å². The third-order valence-electron chi connectivity index (χ3n) is 3.81. The van der Waals surface area contributed by atoms with Crippen LogP contribution in [0.1, 0.15) is 41.1 Å². The molecular weight excluding hydrogens is 242 g/mol. The summed E-state index contributed by atoms with van der Waals surface area (Å²) in [7, 11) is 1.44. The number of ether oxygens (including phenoxy) is 1. The zero-order valence-corrected chi connectivity index (χ0v) is 10.7. The number of benzene rings is 1. The largest absolute Gasteiger partial charge is 0.480 e. The first-order chi connectivity index (χ1) is 9.19. The number of pyridine rings is 1. The number of carboxylic acid groups (broad SMARTS) is 1. The minimum atomic E-state index is -1.02. The highest BCUT2D eigenvalue weighted by Crippen LogP contribution is 2.37. The number of aromatic carboxylic acids is 1. The van der Waals surface area contributed by atoms with Crippen molar-refractivity contribution in [2.45, 2.75) is 25.2 Å². The van der Waals surface area contributed by atoms with Crippen LogP contribution < -0.4 is 4.74 Å². The Bertz CT molecular complexity index is 647. The molecule has 4 heteroatoms. The zero-order valence-electron chi connectivity index (χ0n) is 10.7. The number of methoxy groups -OCH3 is 1. The van der Waals surface area contributed by atoms with Gasteiger partial charge in [0, 0.05) is 5.39 Å². The number of hydrogen-bond donors (Lipinski definition) is 1. The number of carboxylic acids is 1. The van der Waals surface area contributed by atoms with E-state index in [9.17, 15) is 4.79 Å². The first-order valence-corrected chi connectivity index (χ1v) is 6.41. The lowest BCUT2D eigenvalue weighted by Crippen LogP contribution is -2.08. The van der Waals surface area contributed by atoms with Crippen molar-refractivity contribution in [2.24, 2.45) is 0 Å². The lowest BCUT2D eigenvalue weighted by atomic mass is 9.80. The Morgan fingerprint density at radius 3 is 2.74 bits per heavy atom. The molecule has 1 aromatic heterocycles. The van der Waals surface area contributed by atoms with Gasteiger partial charge in [0.05, 0.1) is 12.6 Å². The number of carbonyl (C=O) groups is 1. The van der Waals surface area contributed by atoms with Gasteiger partial charge in [-0.3, -0.25) is 0 Å². The molecule has 0 unspecified atom stereocenters. The maximum Gasteiger partial charge on any atom is 0.341 e. The summed E-state index contributed by atoms with van der Waals surface area (Å²) in [5.41, 5.74) is 2.19. The van der Waals surface area contributed by atoms with Crippen LogP contribution in [0.25, 0.3) is 10.9 Å². The van der Waals surface area contributed by atoms with Gasteiger partial charge in [-0.2, -0.15) is 0 Å². The summed E-state index contributed by atoms with van der Waals surface area (Å²) in [4.78, 5) is 15.4. The smallest absolute Gasteiger partial charge is 0.341 e. The van der Waals surface area contributed by atoms with Gasteiger partial charge >= 0.3 is 5.97 Å². The van der Waals surface area contributed by atoms with Crippen molar-refractivity contribution in [3.63, 3.8) is 0 Å². The van der Waals surface area contributed by atoms with Crippen LogP contribution in [0.15, 0.2) is 24.3 Å². The Kier molecular flexibility index (Phi) is 2.85. The molecule has 1 aliphatic carbocycles. The standard InChI is InChI=1S/C15H15NO3/c1-19-14-12(15(17)18)7-11-6-5-10(8-13(11)16-14)9-3-2-4-9/h5-9H,2-4H2,1H3,(H,17,18). The van der Waals surface area contributed by atoms with Crippen molar-refractivity contribution in [1.29, 1.82) is 0 Å². The van der Waals surface area contributed by atoms with Crippen molar-refractivity contribution in [2.75, 3.05) is 7.11 Å². The Morgan fingerprint density at radius 1 is 1.37 bits per heavy atom. The van der Waals surface area contributed by atoms with Gasteiger partial charge in [-0.25, -0.2) is 9.78 Å². The molecule has 1 aliphatic rings. The minimum absolute atomic E-state index is 0.103. The molecule has 1 fully saturated rings. The van der Waals surface area contributed by atoms with E-state index in [4.69, 9.17) is 9.84 Å². The summed E-state index contributed by atoms with van der Waals surface area (Å²) in [6.45, 7) is 0. The van der Waals surface area contributed by atoms with Crippen LogP contribution in [-0.2, 0) is 0 Å². The molecule has 0 amide bonds. The van der Waals surface area contributed by atoms with Crippen LogP contribution in [-0.4, -0.2) is 23.2 Å². The maximum absolute atomic E-state index is 11.1.